The van der Waals surface area contributed by atoms with E-state index in [2.05, 4.69) is 46.8 Å². The van der Waals surface area contributed by atoms with E-state index in [-0.39, 0.29) is 10.9 Å². The number of hydrogen-bond donors (Lipinski definition) is 0. The molecule has 4 rings (SSSR count). The first-order valence-electron chi connectivity index (χ1n) is 14.4. The molecule has 4 unspecified atom stereocenters. The zero-order valence-electron chi connectivity index (χ0n) is 23.5. The summed E-state index contributed by atoms with van der Waals surface area (Å²) >= 11 is 0. The Kier molecular flexibility index (Phi) is 7.91. The molecule has 0 saturated heterocycles. The molecule has 5 heteroatoms. The second-order valence-corrected chi connectivity index (χ2v) is 15.6. The van der Waals surface area contributed by atoms with Gasteiger partial charge in [-0.2, -0.15) is 0 Å². The zero-order valence-corrected chi connectivity index (χ0v) is 24.4. The molecule has 0 radical (unpaired) electrons. The van der Waals surface area contributed by atoms with E-state index in [0.29, 0.717) is 23.7 Å². The van der Waals surface area contributed by atoms with Crippen molar-refractivity contribution in [3.05, 3.63) is 12.2 Å². The fourth-order valence-corrected chi connectivity index (χ4v) is 11.3. The summed E-state index contributed by atoms with van der Waals surface area (Å²) in [4.78, 5) is 14.0. The lowest BCUT2D eigenvalue weighted by Crippen LogP contribution is -2.59. The van der Waals surface area contributed by atoms with E-state index < -0.39 is 13.0 Å². The van der Waals surface area contributed by atoms with Gasteiger partial charge in [-0.25, -0.2) is 0 Å². The minimum atomic E-state index is -3.78. The van der Waals surface area contributed by atoms with Gasteiger partial charge >= 0.3 is 7.60 Å². The van der Waals surface area contributed by atoms with Crippen molar-refractivity contribution >= 4 is 13.1 Å². The van der Waals surface area contributed by atoms with Gasteiger partial charge in [-0.3, -0.25) is 9.36 Å². The molecule has 0 aliphatic heterocycles. The lowest BCUT2D eigenvalue weighted by atomic mass is 9.41. The highest BCUT2D eigenvalue weighted by molar-refractivity contribution is 7.72. The topological polar surface area (TPSA) is 52.6 Å². The molecule has 3 saturated carbocycles. The fraction of sp³-hybridized carbons (Fsp3) is 0.900. The summed E-state index contributed by atoms with van der Waals surface area (Å²) < 4.78 is 23.9. The lowest BCUT2D eigenvalue weighted by Gasteiger charge is -2.64. The van der Waals surface area contributed by atoms with Crippen molar-refractivity contribution in [2.75, 3.05) is 14.2 Å². The van der Waals surface area contributed by atoms with Crippen molar-refractivity contribution in [2.45, 2.75) is 105 Å². The summed E-state index contributed by atoms with van der Waals surface area (Å²) in [5.74, 6) is 4.35. The summed E-state index contributed by atoms with van der Waals surface area (Å²) in [5.41, 5.74) is -0.661. The van der Waals surface area contributed by atoms with Crippen molar-refractivity contribution < 1.29 is 18.4 Å². The van der Waals surface area contributed by atoms with Gasteiger partial charge in [0.2, 0.25) is 0 Å². The van der Waals surface area contributed by atoms with Gasteiger partial charge in [-0.1, -0.05) is 66.0 Å². The summed E-state index contributed by atoms with van der Waals surface area (Å²) in [6, 6.07) is 0. The Labute approximate surface area is 214 Å². The molecule has 0 aromatic rings. The molecule has 0 bridgehead atoms. The number of rotatable bonds is 9. The van der Waals surface area contributed by atoms with Gasteiger partial charge in [0, 0.05) is 14.2 Å². The highest BCUT2D eigenvalue weighted by Crippen LogP contribution is 2.73. The van der Waals surface area contributed by atoms with Gasteiger partial charge in [-0.05, 0) is 97.7 Å². The van der Waals surface area contributed by atoms with E-state index in [1.807, 2.05) is 0 Å². The first-order valence-corrected chi connectivity index (χ1v) is 15.9. The monoisotopic (exact) mass is 506 g/mol. The number of carbonyl (C=O) groups is 1. The molecule has 35 heavy (non-hydrogen) atoms. The van der Waals surface area contributed by atoms with Crippen LogP contribution in [0.4, 0.5) is 0 Å². The average Bonchev–Trinajstić information content (AvgIpc) is 3.19. The third-order valence-electron chi connectivity index (χ3n) is 11.8. The second kappa shape index (κ2) is 10.0. The molecule has 4 aliphatic rings. The quantitative estimate of drug-likeness (QED) is 0.232. The third-order valence-corrected chi connectivity index (χ3v) is 13.7. The number of allylic oxidation sites excluding steroid dienone is 2. The van der Waals surface area contributed by atoms with Crippen LogP contribution in [0.1, 0.15) is 105 Å². The van der Waals surface area contributed by atoms with Crippen LogP contribution in [0.3, 0.4) is 0 Å². The van der Waals surface area contributed by atoms with Gasteiger partial charge < -0.3 is 9.05 Å². The van der Waals surface area contributed by atoms with Crippen LogP contribution in [0.25, 0.3) is 0 Å². The molecule has 0 spiro atoms. The lowest BCUT2D eigenvalue weighted by molar-refractivity contribution is -0.161. The summed E-state index contributed by atoms with van der Waals surface area (Å²) in [6.45, 7) is 12.2. The zero-order chi connectivity index (χ0) is 25.6. The summed E-state index contributed by atoms with van der Waals surface area (Å²) in [7, 11) is -1.07. The smallest absolute Gasteiger partial charge is 0.307 e. The first-order chi connectivity index (χ1) is 16.5. The first kappa shape index (κ1) is 27.6. The molecule has 8 atom stereocenters. The Bertz CT molecular complexity index is 858. The van der Waals surface area contributed by atoms with E-state index in [0.717, 1.165) is 42.9 Å². The van der Waals surface area contributed by atoms with E-state index >= 15 is 0 Å². The van der Waals surface area contributed by atoms with Gasteiger partial charge in [-0.15, -0.1) is 0 Å². The van der Waals surface area contributed by atoms with Crippen molar-refractivity contribution in [1.29, 1.82) is 0 Å². The molecular weight excluding hydrogens is 455 g/mol. The van der Waals surface area contributed by atoms with Gasteiger partial charge in [0.25, 0.3) is 5.52 Å². The Morgan fingerprint density at radius 3 is 2.29 bits per heavy atom. The maximum absolute atomic E-state index is 14.0. The summed E-state index contributed by atoms with van der Waals surface area (Å²) in [5, 5.41) is 0. The molecule has 0 heterocycles. The minimum Gasteiger partial charge on any atom is -0.307 e. The number of hydrogen-bond acceptors (Lipinski definition) is 4. The molecular formula is C30H51O4P. The standard InChI is InChI=1S/C30H51O4P/c1-21(2)11-10-12-22(3)24-13-14-25-23-15-20-30(27(31)35(32,33-6)34-7)18-9-8-17-29(30,5)26(23)16-19-28(24,25)4/h8-9,21-26H,10-20H2,1-7H3/t22-,23?,24-,25?,26?,28-,29-,30?/m1/s1. The molecule has 4 nitrogen and oxygen atoms in total. The van der Waals surface area contributed by atoms with Crippen LogP contribution in [0, 0.1) is 51.8 Å². The van der Waals surface area contributed by atoms with Gasteiger partial charge in [0.1, 0.15) is 0 Å². The molecule has 3 fully saturated rings. The van der Waals surface area contributed by atoms with Gasteiger partial charge in [0.15, 0.2) is 0 Å². The Balaban J connectivity index is 1.59. The second-order valence-electron chi connectivity index (χ2n) is 13.5. The third kappa shape index (κ3) is 4.26. The predicted molar refractivity (Wildman–Crippen MR) is 143 cm³/mol. The van der Waals surface area contributed by atoms with Crippen LogP contribution in [0.15, 0.2) is 12.2 Å². The van der Waals surface area contributed by atoms with Crippen molar-refractivity contribution in [2.24, 2.45) is 51.8 Å². The van der Waals surface area contributed by atoms with Crippen LogP contribution in [-0.2, 0) is 18.4 Å². The Hall–Kier alpha value is -0.440. The molecule has 0 aromatic heterocycles. The molecule has 0 amide bonds. The maximum Gasteiger partial charge on any atom is 0.396 e. The van der Waals surface area contributed by atoms with Crippen LogP contribution in [0.2, 0.25) is 0 Å². The van der Waals surface area contributed by atoms with Crippen LogP contribution in [-0.4, -0.2) is 19.7 Å². The van der Waals surface area contributed by atoms with Crippen molar-refractivity contribution in [3.8, 4) is 0 Å². The molecule has 0 aromatic carbocycles. The number of carbonyl (C=O) groups excluding carboxylic acids is 1. The van der Waals surface area contributed by atoms with E-state index in [9.17, 15) is 9.36 Å². The van der Waals surface area contributed by atoms with Crippen LogP contribution in [0.5, 0.6) is 0 Å². The highest BCUT2D eigenvalue weighted by atomic mass is 31.2. The molecule has 0 N–H and O–H groups in total. The van der Waals surface area contributed by atoms with E-state index in [1.165, 1.54) is 59.2 Å². The maximum atomic E-state index is 14.0. The molecule has 4 aliphatic carbocycles. The minimum absolute atomic E-state index is 0.184. The SMILES string of the molecule is COP(=O)(OC)C(=O)C12CC=CC[C@]1(C)C1CC[C@@]3(C)C(CC[C@@H]3[C@H](C)CCCC(C)C)C1CC2. The Morgan fingerprint density at radius 2 is 1.63 bits per heavy atom. The fourth-order valence-electron chi connectivity index (χ4n) is 9.79. The van der Waals surface area contributed by atoms with Crippen molar-refractivity contribution in [1.82, 2.24) is 0 Å². The largest absolute Gasteiger partial charge is 0.396 e. The van der Waals surface area contributed by atoms with E-state index in [4.69, 9.17) is 9.05 Å². The summed E-state index contributed by atoms with van der Waals surface area (Å²) in [6.07, 6.45) is 17.1. The predicted octanol–water partition coefficient (Wildman–Crippen LogP) is 8.66. The van der Waals surface area contributed by atoms with Crippen LogP contribution < -0.4 is 0 Å². The Morgan fingerprint density at radius 1 is 0.943 bits per heavy atom. The molecule has 200 valence electrons. The average molecular weight is 507 g/mol. The van der Waals surface area contributed by atoms with Crippen LogP contribution >= 0.6 is 7.60 Å². The van der Waals surface area contributed by atoms with Gasteiger partial charge in [0.05, 0.1) is 5.41 Å². The van der Waals surface area contributed by atoms with Crippen molar-refractivity contribution in [3.63, 3.8) is 0 Å². The van der Waals surface area contributed by atoms with E-state index in [1.54, 1.807) is 0 Å². The highest BCUT2D eigenvalue weighted by Gasteiger charge is 2.68. The normalized spacial score (nSPS) is 41.8. The number of fused-ring (bicyclic) bond motifs is 5.